The summed E-state index contributed by atoms with van der Waals surface area (Å²) in [7, 11) is 0. The van der Waals surface area contributed by atoms with Gasteiger partial charge in [-0.2, -0.15) is 0 Å². The Morgan fingerprint density at radius 3 is 2.45 bits per heavy atom. The molecule has 31 heavy (non-hydrogen) atoms. The van der Waals surface area contributed by atoms with Gasteiger partial charge in [0.2, 0.25) is 0 Å². The molecule has 6 heteroatoms. The summed E-state index contributed by atoms with van der Waals surface area (Å²) < 4.78 is 11.2. The zero-order chi connectivity index (χ0) is 22.6. The number of nitrogens with zero attached hydrogens (tertiary/aromatic N) is 1. The van der Waals surface area contributed by atoms with Crippen molar-refractivity contribution in [3.63, 3.8) is 0 Å². The Morgan fingerprint density at radius 2 is 1.81 bits per heavy atom. The van der Waals surface area contributed by atoms with E-state index >= 15 is 0 Å². The minimum absolute atomic E-state index is 0.0485. The number of hydrogen-bond acceptors (Lipinski definition) is 6. The largest absolute Gasteiger partial charge is 0.463 e. The minimum Gasteiger partial charge on any atom is -0.463 e. The molecule has 4 aliphatic rings. The molecule has 1 N–H and O–H groups in total. The van der Waals surface area contributed by atoms with Gasteiger partial charge in [0.15, 0.2) is 0 Å². The molecule has 0 aromatic carbocycles. The van der Waals surface area contributed by atoms with Gasteiger partial charge >= 0.3 is 11.9 Å². The average Bonchev–Trinajstić information content (AvgIpc) is 3.05. The third kappa shape index (κ3) is 3.58. The fourth-order valence-electron chi connectivity index (χ4n) is 8.57. The van der Waals surface area contributed by atoms with Gasteiger partial charge in [0.1, 0.15) is 12.2 Å². The van der Waals surface area contributed by atoms with Gasteiger partial charge in [-0.25, -0.2) is 0 Å². The van der Waals surface area contributed by atoms with Crippen molar-refractivity contribution in [2.24, 2.45) is 45.6 Å². The highest BCUT2D eigenvalue weighted by Crippen LogP contribution is 2.67. The topological polar surface area (TPSA) is 85.2 Å². The lowest BCUT2D eigenvalue weighted by Gasteiger charge is -2.61. The Morgan fingerprint density at radius 1 is 1.06 bits per heavy atom. The van der Waals surface area contributed by atoms with E-state index < -0.39 is 0 Å². The smallest absolute Gasteiger partial charge is 0.302 e. The van der Waals surface area contributed by atoms with Gasteiger partial charge in [0, 0.05) is 25.2 Å². The second kappa shape index (κ2) is 8.08. The van der Waals surface area contributed by atoms with Crippen LogP contribution in [0.5, 0.6) is 0 Å². The molecule has 4 aliphatic carbocycles. The fourth-order valence-corrected chi connectivity index (χ4v) is 8.57. The van der Waals surface area contributed by atoms with Gasteiger partial charge in [-0.3, -0.25) is 9.59 Å². The number of rotatable bonds is 3. The second-order valence-corrected chi connectivity index (χ2v) is 11.2. The predicted molar refractivity (Wildman–Crippen MR) is 117 cm³/mol. The summed E-state index contributed by atoms with van der Waals surface area (Å²) >= 11 is 0. The Kier molecular flexibility index (Phi) is 5.89. The van der Waals surface area contributed by atoms with Crippen molar-refractivity contribution in [1.82, 2.24) is 0 Å². The van der Waals surface area contributed by atoms with Crippen molar-refractivity contribution in [2.75, 3.05) is 0 Å². The highest BCUT2D eigenvalue weighted by atomic mass is 16.5. The first-order chi connectivity index (χ1) is 14.6. The zero-order valence-corrected chi connectivity index (χ0v) is 19.7. The quantitative estimate of drug-likeness (QED) is 0.386. The molecule has 0 aliphatic heterocycles. The summed E-state index contributed by atoms with van der Waals surface area (Å²) in [6.45, 7) is 9.66. The van der Waals surface area contributed by atoms with Crippen LogP contribution in [-0.4, -0.2) is 35.1 Å². The normalized spacial score (nSPS) is 46.4. The van der Waals surface area contributed by atoms with Gasteiger partial charge < -0.3 is 14.7 Å². The Hall–Kier alpha value is -1.59. The average molecular weight is 434 g/mol. The molecule has 0 aromatic heterocycles. The van der Waals surface area contributed by atoms with Crippen LogP contribution in [0, 0.1) is 40.4 Å². The monoisotopic (exact) mass is 433 g/mol. The van der Waals surface area contributed by atoms with E-state index in [0.717, 1.165) is 44.2 Å². The van der Waals surface area contributed by atoms with Crippen molar-refractivity contribution in [2.45, 2.75) is 98.2 Å². The van der Waals surface area contributed by atoms with Gasteiger partial charge in [-0.15, -0.1) is 0 Å². The van der Waals surface area contributed by atoms with Crippen molar-refractivity contribution < 1.29 is 24.3 Å². The van der Waals surface area contributed by atoms with Crippen LogP contribution in [-0.2, 0) is 19.1 Å². The van der Waals surface area contributed by atoms with Gasteiger partial charge in [-0.05, 0) is 87.4 Å². The molecule has 0 spiro atoms. The Balaban J connectivity index is 1.60. The van der Waals surface area contributed by atoms with E-state index in [0.29, 0.717) is 23.7 Å². The van der Waals surface area contributed by atoms with E-state index in [1.165, 1.54) is 26.7 Å². The standard InChI is InChI=1S/C25H39NO5/c1-14(30-15(2)27)20-8-9-21-19-7-6-17-12-18(31-16(3)28)10-11-24(17,4)22(19)13-23(26-29)25(20,21)5/h14,17-22,29H,6-13H2,1-5H3/b26-23-. The van der Waals surface area contributed by atoms with Gasteiger partial charge in [-0.1, -0.05) is 19.0 Å². The van der Waals surface area contributed by atoms with Crippen LogP contribution in [0.1, 0.15) is 86.0 Å². The summed E-state index contributed by atoms with van der Waals surface area (Å²) in [5, 5.41) is 14.0. The van der Waals surface area contributed by atoms with Crippen LogP contribution >= 0.6 is 0 Å². The fraction of sp³-hybridized carbons (Fsp3) is 0.880. The van der Waals surface area contributed by atoms with Gasteiger partial charge in [0.25, 0.3) is 0 Å². The summed E-state index contributed by atoms with van der Waals surface area (Å²) in [6, 6.07) is 0. The molecule has 0 bridgehead atoms. The van der Waals surface area contributed by atoms with E-state index in [1.54, 1.807) is 0 Å². The van der Waals surface area contributed by atoms with Gasteiger partial charge in [0.05, 0.1) is 5.71 Å². The molecule has 174 valence electrons. The predicted octanol–water partition coefficient (Wildman–Crippen LogP) is 4.97. The molecule has 4 fully saturated rings. The molecule has 0 aromatic rings. The number of hydrogen-bond donors (Lipinski definition) is 1. The molecule has 6 nitrogen and oxygen atoms in total. The molecule has 0 amide bonds. The minimum atomic E-state index is -0.242. The summed E-state index contributed by atoms with van der Waals surface area (Å²) in [6.07, 6.45) is 8.11. The lowest BCUT2D eigenvalue weighted by molar-refractivity contribution is -0.157. The molecule has 9 atom stereocenters. The lowest BCUT2D eigenvalue weighted by Crippen LogP contribution is -2.58. The van der Waals surface area contributed by atoms with E-state index in [9.17, 15) is 14.8 Å². The number of esters is 2. The van der Waals surface area contributed by atoms with Crippen molar-refractivity contribution in [3.05, 3.63) is 0 Å². The van der Waals surface area contributed by atoms with Crippen LogP contribution in [0.2, 0.25) is 0 Å². The van der Waals surface area contributed by atoms with Crippen LogP contribution in [0.4, 0.5) is 0 Å². The molecular weight excluding hydrogens is 394 g/mol. The second-order valence-electron chi connectivity index (χ2n) is 11.2. The van der Waals surface area contributed by atoms with Crippen LogP contribution in [0.15, 0.2) is 5.16 Å². The number of ether oxygens (including phenoxy) is 2. The van der Waals surface area contributed by atoms with E-state index in [2.05, 4.69) is 19.0 Å². The van der Waals surface area contributed by atoms with E-state index in [-0.39, 0.29) is 40.9 Å². The summed E-state index contributed by atoms with van der Waals surface area (Å²) in [4.78, 5) is 23.1. The first kappa shape index (κ1) is 22.6. The lowest BCUT2D eigenvalue weighted by atomic mass is 9.44. The maximum atomic E-state index is 11.6. The molecule has 4 rings (SSSR count). The number of fused-ring (bicyclic) bond motifs is 5. The van der Waals surface area contributed by atoms with E-state index in [1.807, 2.05) is 6.92 Å². The van der Waals surface area contributed by atoms with Crippen molar-refractivity contribution >= 4 is 17.7 Å². The SMILES string of the molecule is CC(=O)OC1CCC2(C)C(CCC3C2C/C(=N/O)C2(C)C(C(C)OC(C)=O)CCC32)C1. The maximum absolute atomic E-state index is 11.6. The number of oxime groups is 1. The highest BCUT2D eigenvalue weighted by Gasteiger charge is 2.63. The number of carbonyl (C=O) groups is 2. The molecule has 0 saturated heterocycles. The van der Waals surface area contributed by atoms with Crippen LogP contribution in [0.3, 0.4) is 0 Å². The Labute approximate surface area is 186 Å². The third-order valence-electron chi connectivity index (χ3n) is 9.95. The maximum Gasteiger partial charge on any atom is 0.302 e. The van der Waals surface area contributed by atoms with Crippen molar-refractivity contribution in [1.29, 1.82) is 0 Å². The molecule has 0 radical (unpaired) electrons. The highest BCUT2D eigenvalue weighted by molar-refractivity contribution is 5.91. The van der Waals surface area contributed by atoms with Crippen LogP contribution in [0.25, 0.3) is 0 Å². The van der Waals surface area contributed by atoms with Crippen LogP contribution < -0.4 is 0 Å². The summed E-state index contributed by atoms with van der Waals surface area (Å²) in [5.41, 5.74) is 0.878. The first-order valence-corrected chi connectivity index (χ1v) is 12.2. The molecule has 9 unspecified atom stereocenters. The first-order valence-electron chi connectivity index (χ1n) is 12.2. The van der Waals surface area contributed by atoms with Crippen molar-refractivity contribution in [3.8, 4) is 0 Å². The summed E-state index contributed by atoms with van der Waals surface area (Å²) in [5.74, 6) is 1.89. The zero-order valence-electron chi connectivity index (χ0n) is 19.7. The molecule has 0 heterocycles. The number of carbonyl (C=O) groups excluding carboxylic acids is 2. The third-order valence-corrected chi connectivity index (χ3v) is 9.95. The molecular formula is C25H39NO5. The van der Waals surface area contributed by atoms with E-state index in [4.69, 9.17) is 9.47 Å². The Bertz CT molecular complexity index is 765. The molecule has 4 saturated carbocycles.